The summed E-state index contributed by atoms with van der Waals surface area (Å²) in [6, 6.07) is 9.31. The van der Waals surface area contributed by atoms with Gasteiger partial charge in [-0.05, 0) is 54.6 Å². The van der Waals surface area contributed by atoms with Crippen LogP contribution in [0.25, 0.3) is 11.0 Å². The van der Waals surface area contributed by atoms with Crippen LogP contribution in [-0.2, 0) is 16.9 Å². The molecule has 0 unspecified atom stereocenters. The van der Waals surface area contributed by atoms with Crippen LogP contribution in [0.4, 0.5) is 0 Å². The predicted molar refractivity (Wildman–Crippen MR) is 116 cm³/mol. The fourth-order valence-corrected chi connectivity index (χ4v) is 4.62. The summed E-state index contributed by atoms with van der Waals surface area (Å²) in [5.41, 5.74) is 1.96. The molecule has 1 aromatic carbocycles. The van der Waals surface area contributed by atoms with Crippen LogP contribution in [-0.4, -0.2) is 27.6 Å². The summed E-state index contributed by atoms with van der Waals surface area (Å²) >= 11 is 6.11. The number of fused-ring (bicyclic) bond motifs is 1. The molecule has 1 saturated carbocycles. The fourth-order valence-electron chi connectivity index (χ4n) is 4.49. The maximum Gasteiger partial charge on any atom is 0.355 e. The van der Waals surface area contributed by atoms with Gasteiger partial charge in [-0.1, -0.05) is 38.3 Å². The van der Waals surface area contributed by atoms with Crippen molar-refractivity contribution in [1.29, 1.82) is 0 Å². The summed E-state index contributed by atoms with van der Waals surface area (Å²) in [5.74, 6) is 0.404. The lowest BCUT2D eigenvalue weighted by molar-refractivity contribution is 0.0443. The van der Waals surface area contributed by atoms with E-state index >= 15 is 0 Å². The first-order chi connectivity index (χ1) is 14.6. The standard InChI is InChI=1S/C23H26ClN3O3/c1-3-23(11-5-4-6-12-23)27-19(13-17-14-25-22(24)26-20(17)27)21(28)30-15-16-7-9-18(29-2)10-8-16/h7-10,13-14H,3-6,11-12,15H2,1-2H3. The normalized spacial score (nSPS) is 15.8. The van der Waals surface area contributed by atoms with Gasteiger partial charge in [0.1, 0.15) is 23.7 Å². The Kier molecular flexibility index (Phi) is 5.95. The van der Waals surface area contributed by atoms with Crippen molar-refractivity contribution in [3.63, 3.8) is 0 Å². The maximum absolute atomic E-state index is 13.2. The lowest BCUT2D eigenvalue weighted by Gasteiger charge is -2.39. The quantitative estimate of drug-likeness (QED) is 0.382. The van der Waals surface area contributed by atoms with Gasteiger partial charge < -0.3 is 14.0 Å². The van der Waals surface area contributed by atoms with Gasteiger partial charge in [-0.3, -0.25) is 0 Å². The molecule has 0 radical (unpaired) electrons. The zero-order valence-corrected chi connectivity index (χ0v) is 18.1. The first-order valence-electron chi connectivity index (χ1n) is 10.4. The van der Waals surface area contributed by atoms with Crippen molar-refractivity contribution < 1.29 is 14.3 Å². The van der Waals surface area contributed by atoms with Crippen LogP contribution in [0.15, 0.2) is 36.5 Å². The van der Waals surface area contributed by atoms with Crippen molar-refractivity contribution in [2.75, 3.05) is 7.11 Å². The number of carbonyl (C=O) groups is 1. The molecule has 158 valence electrons. The molecule has 7 heteroatoms. The van der Waals surface area contributed by atoms with Gasteiger partial charge >= 0.3 is 5.97 Å². The van der Waals surface area contributed by atoms with Gasteiger partial charge in [-0.15, -0.1) is 0 Å². The van der Waals surface area contributed by atoms with E-state index in [1.165, 1.54) is 6.42 Å². The number of benzene rings is 1. The molecule has 0 N–H and O–H groups in total. The van der Waals surface area contributed by atoms with Crippen LogP contribution < -0.4 is 4.74 Å². The van der Waals surface area contributed by atoms with E-state index < -0.39 is 0 Å². The Morgan fingerprint density at radius 3 is 2.60 bits per heavy atom. The minimum atomic E-state index is -0.363. The molecule has 0 spiro atoms. The minimum Gasteiger partial charge on any atom is -0.497 e. The number of methoxy groups -OCH3 is 1. The summed E-state index contributed by atoms with van der Waals surface area (Å²) in [5, 5.41) is 0.983. The summed E-state index contributed by atoms with van der Waals surface area (Å²) in [6.07, 6.45) is 8.08. The molecule has 1 aliphatic carbocycles. The molecular weight excluding hydrogens is 402 g/mol. The largest absolute Gasteiger partial charge is 0.497 e. The van der Waals surface area contributed by atoms with E-state index in [-0.39, 0.29) is 23.4 Å². The highest BCUT2D eigenvalue weighted by atomic mass is 35.5. The first-order valence-corrected chi connectivity index (χ1v) is 10.8. The van der Waals surface area contributed by atoms with Crippen LogP contribution >= 0.6 is 11.6 Å². The van der Waals surface area contributed by atoms with Gasteiger partial charge in [0.05, 0.1) is 7.11 Å². The van der Waals surface area contributed by atoms with Gasteiger partial charge in [-0.25, -0.2) is 9.78 Å². The van der Waals surface area contributed by atoms with Gasteiger partial charge in [-0.2, -0.15) is 4.98 Å². The highest BCUT2D eigenvalue weighted by Gasteiger charge is 2.37. The predicted octanol–water partition coefficient (Wildman–Crippen LogP) is 5.52. The Hall–Kier alpha value is -2.60. The molecule has 0 aliphatic heterocycles. The van der Waals surface area contributed by atoms with Crippen molar-refractivity contribution in [3.8, 4) is 5.75 Å². The Balaban J connectivity index is 1.69. The second kappa shape index (κ2) is 8.64. The molecule has 2 aromatic heterocycles. The smallest absolute Gasteiger partial charge is 0.355 e. The van der Waals surface area contributed by atoms with Crippen molar-refractivity contribution in [3.05, 3.63) is 53.1 Å². The van der Waals surface area contributed by atoms with Gasteiger partial charge in [0.2, 0.25) is 5.28 Å². The molecule has 1 aliphatic rings. The van der Waals surface area contributed by atoms with Gasteiger partial charge in [0.15, 0.2) is 0 Å². The van der Waals surface area contributed by atoms with Crippen molar-refractivity contribution >= 4 is 28.6 Å². The number of hydrogen-bond donors (Lipinski definition) is 0. The Bertz CT molecular complexity index is 1040. The van der Waals surface area contributed by atoms with Crippen LogP contribution in [0.3, 0.4) is 0 Å². The van der Waals surface area contributed by atoms with Crippen LogP contribution in [0.2, 0.25) is 5.28 Å². The highest BCUT2D eigenvalue weighted by molar-refractivity contribution is 6.28. The summed E-state index contributed by atoms with van der Waals surface area (Å²) in [6.45, 7) is 2.36. The Labute approximate surface area is 181 Å². The van der Waals surface area contributed by atoms with Crippen molar-refractivity contribution in [2.24, 2.45) is 0 Å². The van der Waals surface area contributed by atoms with Crippen LogP contribution in [0.1, 0.15) is 61.5 Å². The molecule has 0 bridgehead atoms. The third-order valence-corrected chi connectivity index (χ3v) is 6.35. The summed E-state index contributed by atoms with van der Waals surface area (Å²) in [7, 11) is 1.62. The average Bonchev–Trinajstić information content (AvgIpc) is 3.17. The third-order valence-electron chi connectivity index (χ3n) is 6.17. The first kappa shape index (κ1) is 20.7. The van der Waals surface area contributed by atoms with E-state index in [0.717, 1.165) is 48.8 Å². The second-order valence-corrected chi connectivity index (χ2v) is 8.18. The van der Waals surface area contributed by atoms with E-state index in [9.17, 15) is 4.79 Å². The SMILES string of the molecule is CCC1(n2c(C(=O)OCc3ccc(OC)cc3)cc3cnc(Cl)nc32)CCCCC1. The Morgan fingerprint density at radius 1 is 1.20 bits per heavy atom. The molecule has 0 saturated heterocycles. The number of esters is 1. The van der Waals surface area contributed by atoms with Gasteiger partial charge in [0.25, 0.3) is 0 Å². The molecule has 4 rings (SSSR count). The van der Waals surface area contributed by atoms with E-state index in [0.29, 0.717) is 11.3 Å². The monoisotopic (exact) mass is 427 g/mol. The van der Waals surface area contributed by atoms with E-state index in [1.54, 1.807) is 13.3 Å². The minimum absolute atomic E-state index is 0.161. The van der Waals surface area contributed by atoms with E-state index in [1.807, 2.05) is 30.3 Å². The number of hydrogen-bond acceptors (Lipinski definition) is 5. The van der Waals surface area contributed by atoms with Crippen LogP contribution in [0.5, 0.6) is 5.75 Å². The summed E-state index contributed by atoms with van der Waals surface area (Å²) < 4.78 is 12.9. The number of aromatic nitrogens is 3. The molecule has 0 atom stereocenters. The number of rotatable bonds is 6. The molecule has 30 heavy (non-hydrogen) atoms. The van der Waals surface area contributed by atoms with Crippen molar-refractivity contribution in [2.45, 2.75) is 57.6 Å². The van der Waals surface area contributed by atoms with Crippen LogP contribution in [0, 0.1) is 0 Å². The zero-order valence-electron chi connectivity index (χ0n) is 17.4. The van der Waals surface area contributed by atoms with E-state index in [2.05, 4.69) is 21.5 Å². The van der Waals surface area contributed by atoms with E-state index in [4.69, 9.17) is 21.1 Å². The summed E-state index contributed by atoms with van der Waals surface area (Å²) in [4.78, 5) is 21.7. The lowest BCUT2D eigenvalue weighted by Crippen LogP contribution is -2.37. The lowest BCUT2D eigenvalue weighted by atomic mass is 9.79. The average molecular weight is 428 g/mol. The zero-order chi connectivity index (χ0) is 21.1. The number of nitrogens with zero attached hydrogens (tertiary/aromatic N) is 3. The molecule has 6 nitrogen and oxygen atoms in total. The van der Waals surface area contributed by atoms with Gasteiger partial charge in [0, 0.05) is 17.1 Å². The molecular formula is C23H26ClN3O3. The maximum atomic E-state index is 13.2. The topological polar surface area (TPSA) is 66.2 Å². The molecule has 1 fully saturated rings. The Morgan fingerprint density at radius 2 is 1.93 bits per heavy atom. The molecule has 2 heterocycles. The molecule has 3 aromatic rings. The second-order valence-electron chi connectivity index (χ2n) is 7.85. The number of ether oxygens (including phenoxy) is 2. The molecule has 0 amide bonds. The number of halogens is 1. The fraction of sp³-hybridized carbons (Fsp3) is 0.435. The van der Waals surface area contributed by atoms with Crippen molar-refractivity contribution in [1.82, 2.24) is 14.5 Å². The highest BCUT2D eigenvalue weighted by Crippen LogP contribution is 2.41. The third kappa shape index (κ3) is 3.88. The number of carbonyl (C=O) groups excluding carboxylic acids is 1.